The van der Waals surface area contributed by atoms with Crippen LogP contribution in [0.25, 0.3) is 0 Å². The standard InChI is InChI=1S/C22H21F3N2O7.2Na/c23-22(24,25)10-5-6-15(26-14-4-2-1-3-11(14)20(31)32)16(7-10)27-19(30)12-8-17(28)18(29)9-13(12)21(33)34;;/h1-7,12-13,17-18,26,28-29H,8-9H2,(H,27,30)(H,31,32)(H,33,34);;/q;2*+1/p-2/t12-,13+,17?,18?;;/m0../s1. The zero-order valence-electron chi connectivity index (χ0n) is 19.3. The van der Waals surface area contributed by atoms with E-state index in [4.69, 9.17) is 0 Å². The molecular formula is C22H19F3N2Na2O7. The number of carbonyl (C=O) groups is 3. The van der Waals surface area contributed by atoms with Gasteiger partial charge in [-0.3, -0.25) is 4.79 Å². The summed E-state index contributed by atoms with van der Waals surface area (Å²) >= 11 is 0. The van der Waals surface area contributed by atoms with Crippen molar-refractivity contribution >= 4 is 34.9 Å². The Kier molecular flexibility index (Phi) is 11.9. The van der Waals surface area contributed by atoms with Crippen LogP contribution >= 0.6 is 0 Å². The Bertz CT molecular complexity index is 1120. The van der Waals surface area contributed by atoms with Crippen molar-refractivity contribution in [2.75, 3.05) is 10.6 Å². The van der Waals surface area contributed by atoms with Crippen molar-refractivity contribution in [1.82, 2.24) is 0 Å². The third-order valence-electron chi connectivity index (χ3n) is 5.58. The van der Waals surface area contributed by atoms with E-state index in [1.807, 2.05) is 0 Å². The molecule has 36 heavy (non-hydrogen) atoms. The first-order chi connectivity index (χ1) is 15.9. The van der Waals surface area contributed by atoms with Crippen LogP contribution in [0.5, 0.6) is 0 Å². The molecular weight excluding hydrogens is 507 g/mol. The molecule has 0 spiro atoms. The molecule has 2 aromatic rings. The quantitative estimate of drug-likeness (QED) is 0.271. The number of para-hydroxylation sites is 1. The van der Waals surface area contributed by atoms with Crippen LogP contribution in [0.3, 0.4) is 0 Å². The molecule has 182 valence electrons. The molecule has 14 heteroatoms. The summed E-state index contributed by atoms with van der Waals surface area (Å²) in [6, 6.07) is 7.71. The summed E-state index contributed by atoms with van der Waals surface area (Å²) in [7, 11) is 0. The fourth-order valence-electron chi connectivity index (χ4n) is 3.79. The smallest absolute Gasteiger partial charge is 0.550 e. The maximum absolute atomic E-state index is 13.3. The first kappa shape index (κ1) is 32.4. The van der Waals surface area contributed by atoms with E-state index in [1.54, 1.807) is 0 Å². The number of aliphatic hydroxyl groups excluding tert-OH is 2. The summed E-state index contributed by atoms with van der Waals surface area (Å²) in [5.74, 6) is -7.11. The number of aromatic carboxylic acids is 1. The van der Waals surface area contributed by atoms with Gasteiger partial charge in [0.1, 0.15) is 0 Å². The van der Waals surface area contributed by atoms with E-state index < -0.39 is 72.2 Å². The molecule has 2 unspecified atom stereocenters. The van der Waals surface area contributed by atoms with Crippen molar-refractivity contribution in [2.24, 2.45) is 11.8 Å². The minimum atomic E-state index is -4.78. The number of carboxylic acid groups (broad SMARTS) is 2. The number of carboxylic acids is 2. The minimum absolute atomic E-state index is 0. The molecule has 1 fully saturated rings. The van der Waals surface area contributed by atoms with Gasteiger partial charge in [-0.25, -0.2) is 0 Å². The Morgan fingerprint density at radius 2 is 1.44 bits per heavy atom. The number of halogens is 3. The molecule has 4 N–H and O–H groups in total. The van der Waals surface area contributed by atoms with Crippen molar-refractivity contribution < 1.29 is 107 Å². The van der Waals surface area contributed by atoms with E-state index in [1.165, 1.54) is 24.3 Å². The number of carbonyl (C=O) groups excluding carboxylic acids is 3. The van der Waals surface area contributed by atoms with Gasteiger partial charge >= 0.3 is 65.3 Å². The van der Waals surface area contributed by atoms with Gasteiger partial charge < -0.3 is 40.6 Å². The molecule has 9 nitrogen and oxygen atoms in total. The normalized spacial score (nSPS) is 21.4. The number of rotatable bonds is 6. The SMILES string of the molecule is O=C([O-])c1ccccc1Nc1ccc(C(F)(F)F)cc1NC(=O)[C@H]1CC(O)C(O)C[C@H]1C(=O)[O-].[Na+].[Na+]. The Hall–Kier alpha value is -1.64. The molecule has 3 rings (SSSR count). The van der Waals surface area contributed by atoms with E-state index >= 15 is 0 Å². The second-order valence-electron chi connectivity index (χ2n) is 7.84. The van der Waals surface area contributed by atoms with E-state index in [0.29, 0.717) is 12.1 Å². The van der Waals surface area contributed by atoms with Gasteiger partial charge in [-0.15, -0.1) is 0 Å². The van der Waals surface area contributed by atoms with Gasteiger partial charge in [0.25, 0.3) is 0 Å². The summed E-state index contributed by atoms with van der Waals surface area (Å²) in [5, 5.41) is 47.3. The number of aliphatic hydroxyl groups is 2. The average molecular weight is 526 g/mol. The Labute approximate surface area is 247 Å². The topological polar surface area (TPSA) is 162 Å². The summed E-state index contributed by atoms with van der Waals surface area (Å²) < 4.78 is 39.9. The Morgan fingerprint density at radius 1 is 0.861 bits per heavy atom. The fraction of sp³-hybridized carbons (Fsp3) is 0.318. The van der Waals surface area contributed by atoms with Crippen LogP contribution in [0.2, 0.25) is 0 Å². The van der Waals surface area contributed by atoms with Crippen LogP contribution in [-0.2, 0) is 15.8 Å². The zero-order valence-corrected chi connectivity index (χ0v) is 23.3. The van der Waals surface area contributed by atoms with Crippen molar-refractivity contribution in [3.8, 4) is 0 Å². The number of hydrogen-bond acceptors (Lipinski definition) is 8. The van der Waals surface area contributed by atoms with E-state index in [9.17, 15) is 48.0 Å². The number of anilines is 3. The van der Waals surface area contributed by atoms with Crippen molar-refractivity contribution in [2.45, 2.75) is 31.2 Å². The predicted octanol–water partition coefficient (Wildman–Crippen LogP) is -5.74. The van der Waals surface area contributed by atoms with Gasteiger partial charge in [0, 0.05) is 29.1 Å². The number of amides is 1. The number of hydrogen-bond donors (Lipinski definition) is 4. The van der Waals surface area contributed by atoms with Crippen LogP contribution in [-0.4, -0.2) is 40.3 Å². The minimum Gasteiger partial charge on any atom is -0.550 e. The van der Waals surface area contributed by atoms with E-state index in [2.05, 4.69) is 10.6 Å². The predicted molar refractivity (Wildman–Crippen MR) is 107 cm³/mol. The molecule has 1 amide bonds. The van der Waals surface area contributed by atoms with Gasteiger partial charge in [-0.05, 0) is 37.1 Å². The van der Waals surface area contributed by atoms with Crippen LogP contribution in [0, 0.1) is 11.8 Å². The molecule has 2 aromatic carbocycles. The third-order valence-corrected chi connectivity index (χ3v) is 5.58. The van der Waals surface area contributed by atoms with Crippen LogP contribution in [0.4, 0.5) is 30.2 Å². The number of nitrogens with one attached hydrogen (secondary N) is 2. The van der Waals surface area contributed by atoms with Crippen LogP contribution < -0.4 is 80.0 Å². The number of benzene rings is 2. The molecule has 0 saturated heterocycles. The molecule has 4 atom stereocenters. The molecule has 1 aliphatic carbocycles. The average Bonchev–Trinajstić information content (AvgIpc) is 2.75. The summed E-state index contributed by atoms with van der Waals surface area (Å²) in [6.07, 6.45) is -8.53. The second-order valence-corrected chi connectivity index (χ2v) is 7.84. The molecule has 0 bridgehead atoms. The van der Waals surface area contributed by atoms with Gasteiger partial charge in [-0.2, -0.15) is 13.2 Å². The summed E-state index contributed by atoms with van der Waals surface area (Å²) in [6.45, 7) is 0. The van der Waals surface area contributed by atoms with Crippen LogP contribution in [0.1, 0.15) is 28.8 Å². The molecule has 1 aliphatic rings. The Morgan fingerprint density at radius 3 is 2.00 bits per heavy atom. The van der Waals surface area contributed by atoms with Gasteiger partial charge in [-0.1, -0.05) is 18.2 Å². The largest absolute Gasteiger partial charge is 1.00 e. The Balaban J connectivity index is 0.00000324. The first-order valence-corrected chi connectivity index (χ1v) is 10.0. The molecule has 0 aromatic heterocycles. The molecule has 0 radical (unpaired) electrons. The molecule has 0 aliphatic heterocycles. The van der Waals surface area contributed by atoms with E-state index in [-0.39, 0.29) is 76.1 Å². The maximum atomic E-state index is 13.3. The second kappa shape index (κ2) is 13.2. The van der Waals surface area contributed by atoms with Crippen molar-refractivity contribution in [3.63, 3.8) is 0 Å². The molecule has 1 saturated carbocycles. The van der Waals surface area contributed by atoms with Gasteiger partial charge in [0.15, 0.2) is 0 Å². The van der Waals surface area contributed by atoms with Gasteiger partial charge in [0.05, 0.1) is 35.1 Å². The fourth-order valence-corrected chi connectivity index (χ4v) is 3.79. The summed E-state index contributed by atoms with van der Waals surface area (Å²) in [4.78, 5) is 35.7. The van der Waals surface area contributed by atoms with Gasteiger partial charge in [0.2, 0.25) is 5.91 Å². The van der Waals surface area contributed by atoms with Crippen molar-refractivity contribution in [3.05, 3.63) is 53.6 Å². The van der Waals surface area contributed by atoms with Crippen LogP contribution in [0.15, 0.2) is 42.5 Å². The van der Waals surface area contributed by atoms with Crippen molar-refractivity contribution in [1.29, 1.82) is 0 Å². The molecule has 0 heterocycles. The number of alkyl halides is 3. The number of aliphatic carboxylic acids is 1. The maximum Gasteiger partial charge on any atom is 1.00 e. The summed E-state index contributed by atoms with van der Waals surface area (Å²) in [5.41, 5.74) is -1.97. The first-order valence-electron chi connectivity index (χ1n) is 10.0. The van der Waals surface area contributed by atoms with E-state index in [0.717, 1.165) is 6.07 Å². The third kappa shape index (κ3) is 7.68. The monoisotopic (exact) mass is 526 g/mol. The zero-order chi connectivity index (χ0) is 25.2.